The normalized spacial score (nSPS) is 24.8. The summed E-state index contributed by atoms with van der Waals surface area (Å²) in [5, 5.41) is 5.22. The number of ketones is 1. The van der Waals surface area contributed by atoms with E-state index in [-0.39, 0.29) is 11.6 Å². The summed E-state index contributed by atoms with van der Waals surface area (Å²) in [7, 11) is 0. The number of ether oxygens (including phenoxy) is 2. The van der Waals surface area contributed by atoms with Gasteiger partial charge in [-0.25, -0.2) is 4.39 Å². The Morgan fingerprint density at radius 1 is 0.973 bits per heavy atom. The van der Waals surface area contributed by atoms with Crippen molar-refractivity contribution in [1.29, 1.82) is 0 Å². The third kappa shape index (κ3) is 5.52. The van der Waals surface area contributed by atoms with Gasteiger partial charge in [0.2, 0.25) is 0 Å². The number of hydrogen-bond acceptors (Lipinski definition) is 6. The molecule has 0 radical (unpaired) electrons. The van der Waals surface area contributed by atoms with Gasteiger partial charge < -0.3 is 18.9 Å². The van der Waals surface area contributed by atoms with Gasteiger partial charge in [-0.2, -0.15) is 0 Å². The van der Waals surface area contributed by atoms with Crippen LogP contribution in [0.25, 0.3) is 11.0 Å². The van der Waals surface area contributed by atoms with Crippen molar-refractivity contribution in [2.75, 3.05) is 26.2 Å². The van der Waals surface area contributed by atoms with Gasteiger partial charge in [0.15, 0.2) is 29.0 Å². The van der Waals surface area contributed by atoms with Crippen molar-refractivity contribution < 1.29 is 23.2 Å². The number of benzene rings is 2. The number of Topliss-reactive ketones (excluding diaryl/α,β-unsaturated/α-hetero) is 1. The first-order valence-corrected chi connectivity index (χ1v) is 13.8. The van der Waals surface area contributed by atoms with Crippen molar-refractivity contribution in [3.8, 4) is 11.5 Å². The molecule has 0 amide bonds. The number of carbonyl (C=O) groups excluding carboxylic acids is 1. The van der Waals surface area contributed by atoms with Gasteiger partial charge in [0, 0.05) is 23.8 Å². The molecule has 6 rings (SSSR count). The van der Waals surface area contributed by atoms with Crippen molar-refractivity contribution in [2.24, 2.45) is 11.8 Å². The summed E-state index contributed by atoms with van der Waals surface area (Å²) in [5.41, 5.74) is 1.52. The van der Waals surface area contributed by atoms with Crippen molar-refractivity contribution in [1.82, 2.24) is 10.1 Å². The maximum absolute atomic E-state index is 13.5. The summed E-state index contributed by atoms with van der Waals surface area (Å²) in [6.45, 7) is 3.58. The molecule has 1 aliphatic carbocycles. The van der Waals surface area contributed by atoms with Crippen LogP contribution in [0.4, 0.5) is 4.39 Å². The maximum atomic E-state index is 13.5. The Bertz CT molecular complexity index is 1230. The molecule has 2 aromatic carbocycles. The maximum Gasteiger partial charge on any atom is 0.190 e. The van der Waals surface area contributed by atoms with E-state index in [4.69, 9.17) is 14.0 Å². The number of aromatic nitrogens is 1. The van der Waals surface area contributed by atoms with E-state index in [9.17, 15) is 9.18 Å². The molecule has 3 aromatic rings. The summed E-state index contributed by atoms with van der Waals surface area (Å²) < 4.78 is 30.5. The third-order valence-electron chi connectivity index (χ3n) is 8.61. The first kappa shape index (κ1) is 24.4. The monoisotopic (exact) mass is 506 g/mol. The van der Waals surface area contributed by atoms with E-state index in [0.717, 1.165) is 68.1 Å². The van der Waals surface area contributed by atoms with E-state index in [1.165, 1.54) is 31.4 Å². The predicted octanol–water partition coefficient (Wildman–Crippen LogP) is 6.14. The Labute approximate surface area is 217 Å². The highest BCUT2D eigenvalue weighted by Crippen LogP contribution is 2.36. The Balaban J connectivity index is 0.908. The largest absolute Gasteiger partial charge is 0.485 e. The Morgan fingerprint density at radius 2 is 1.73 bits per heavy atom. The minimum atomic E-state index is -0.480. The van der Waals surface area contributed by atoms with Gasteiger partial charge in [0.05, 0.1) is 5.69 Å². The van der Waals surface area contributed by atoms with E-state index in [1.807, 2.05) is 24.3 Å². The van der Waals surface area contributed by atoms with Gasteiger partial charge >= 0.3 is 0 Å². The number of nitrogens with zero attached hydrogens (tertiary/aromatic N) is 2. The lowest BCUT2D eigenvalue weighted by molar-refractivity contribution is -0.129. The zero-order valence-electron chi connectivity index (χ0n) is 21.2. The number of piperidine rings is 1. The molecule has 1 aromatic heterocycles. The van der Waals surface area contributed by atoms with Crippen LogP contribution in [-0.4, -0.2) is 48.2 Å². The highest BCUT2D eigenvalue weighted by Gasteiger charge is 2.31. The molecule has 0 spiro atoms. The fourth-order valence-electron chi connectivity index (χ4n) is 6.34. The van der Waals surface area contributed by atoms with Gasteiger partial charge in [-0.05, 0) is 87.8 Å². The van der Waals surface area contributed by atoms with Gasteiger partial charge in [-0.1, -0.05) is 30.1 Å². The van der Waals surface area contributed by atoms with Gasteiger partial charge in [-0.3, -0.25) is 4.79 Å². The van der Waals surface area contributed by atoms with Crippen molar-refractivity contribution in [3.63, 3.8) is 0 Å². The zero-order chi connectivity index (χ0) is 25.2. The molecule has 0 bridgehead atoms. The van der Waals surface area contributed by atoms with Crippen LogP contribution in [0, 0.1) is 17.7 Å². The summed E-state index contributed by atoms with van der Waals surface area (Å²) >= 11 is 0. The number of likely N-dealkylation sites (tertiary alicyclic amines) is 1. The Morgan fingerprint density at radius 3 is 2.54 bits per heavy atom. The smallest absolute Gasteiger partial charge is 0.190 e. The highest BCUT2D eigenvalue weighted by molar-refractivity contribution is 5.84. The molecule has 3 aliphatic rings. The molecule has 196 valence electrons. The molecular weight excluding hydrogens is 471 g/mol. The second kappa shape index (κ2) is 10.8. The average Bonchev–Trinajstić information content (AvgIpc) is 3.35. The van der Waals surface area contributed by atoms with E-state index in [0.29, 0.717) is 36.2 Å². The van der Waals surface area contributed by atoms with Crippen LogP contribution >= 0.6 is 0 Å². The molecule has 1 unspecified atom stereocenters. The molecule has 7 heteroatoms. The minimum Gasteiger partial charge on any atom is -0.485 e. The number of hydrogen-bond donors (Lipinski definition) is 0. The van der Waals surface area contributed by atoms with Crippen molar-refractivity contribution >= 4 is 16.8 Å². The second-order valence-corrected chi connectivity index (χ2v) is 11.0. The molecule has 37 heavy (non-hydrogen) atoms. The minimum absolute atomic E-state index is 0.172. The van der Waals surface area contributed by atoms with Crippen LogP contribution in [0.2, 0.25) is 0 Å². The molecule has 1 saturated carbocycles. The summed E-state index contributed by atoms with van der Waals surface area (Å²) in [4.78, 5) is 15.4. The Kier molecular flexibility index (Phi) is 7.14. The highest BCUT2D eigenvalue weighted by atomic mass is 19.1. The predicted molar refractivity (Wildman–Crippen MR) is 138 cm³/mol. The number of para-hydroxylation sites is 2. The number of halogens is 1. The molecule has 0 N–H and O–H groups in total. The van der Waals surface area contributed by atoms with Gasteiger partial charge in [-0.15, -0.1) is 0 Å². The SMILES string of the molecule is O=C(CC1CCC(CCN2CCC(c3noc4cc(F)ccc34)CC2)CC1)C1COc2ccccc2O1. The lowest BCUT2D eigenvalue weighted by Gasteiger charge is -2.34. The first-order chi connectivity index (χ1) is 18.1. The quantitative estimate of drug-likeness (QED) is 0.383. The first-order valence-electron chi connectivity index (χ1n) is 13.8. The summed E-state index contributed by atoms with van der Waals surface area (Å²) in [6.07, 6.45) is 8.14. The van der Waals surface area contributed by atoms with Crippen LogP contribution in [0.15, 0.2) is 47.0 Å². The van der Waals surface area contributed by atoms with Crippen molar-refractivity contribution in [3.05, 3.63) is 54.0 Å². The number of carbonyl (C=O) groups is 1. The molecule has 2 fully saturated rings. The van der Waals surface area contributed by atoms with Crippen LogP contribution in [-0.2, 0) is 4.79 Å². The molecular formula is C30H35FN2O4. The van der Waals surface area contributed by atoms with Crippen molar-refractivity contribution in [2.45, 2.75) is 63.4 Å². The summed E-state index contributed by atoms with van der Waals surface area (Å²) in [6, 6.07) is 12.3. The van der Waals surface area contributed by atoms with E-state index in [1.54, 1.807) is 6.07 Å². The molecule has 2 aliphatic heterocycles. The van der Waals surface area contributed by atoms with Crippen LogP contribution in [0.5, 0.6) is 11.5 Å². The standard InChI is InChI=1S/C30H35FN2O4/c31-23-9-10-24-28(18-23)37-32-30(24)22-12-15-33(16-13-22)14-11-20-5-7-21(8-6-20)17-25(34)29-19-35-26-3-1-2-4-27(26)36-29/h1-4,9-10,18,20-22,29H,5-8,11-17,19H2. The average molecular weight is 507 g/mol. The molecule has 3 heterocycles. The number of fused-ring (bicyclic) bond motifs is 2. The molecule has 1 atom stereocenters. The summed E-state index contributed by atoms with van der Waals surface area (Å²) in [5.74, 6) is 2.87. The fraction of sp³-hybridized carbons (Fsp3) is 0.533. The fourth-order valence-corrected chi connectivity index (χ4v) is 6.34. The van der Waals surface area contributed by atoms with Gasteiger partial charge in [0.25, 0.3) is 0 Å². The van der Waals surface area contributed by atoms with Gasteiger partial charge in [0.1, 0.15) is 12.4 Å². The third-order valence-corrected chi connectivity index (χ3v) is 8.61. The second-order valence-electron chi connectivity index (χ2n) is 11.0. The Hall–Kier alpha value is -2.93. The van der Waals surface area contributed by atoms with Crippen LogP contribution < -0.4 is 9.47 Å². The zero-order valence-corrected chi connectivity index (χ0v) is 21.2. The lowest BCUT2D eigenvalue weighted by Crippen LogP contribution is -2.38. The molecule has 1 saturated heterocycles. The van der Waals surface area contributed by atoms with E-state index in [2.05, 4.69) is 10.1 Å². The number of rotatable bonds is 7. The topological polar surface area (TPSA) is 64.8 Å². The van der Waals surface area contributed by atoms with Crippen LogP contribution in [0.1, 0.15) is 63.0 Å². The van der Waals surface area contributed by atoms with E-state index >= 15 is 0 Å². The van der Waals surface area contributed by atoms with E-state index < -0.39 is 6.10 Å². The van der Waals surface area contributed by atoms with Crippen LogP contribution in [0.3, 0.4) is 0 Å². The molecule has 6 nitrogen and oxygen atoms in total. The lowest BCUT2D eigenvalue weighted by atomic mass is 9.78.